The van der Waals surface area contributed by atoms with Crippen LogP contribution >= 0.6 is 0 Å². The topological polar surface area (TPSA) is 148 Å². The number of aromatic amines is 1. The fraction of sp³-hybridized carbons (Fsp3) is 0.419. The number of carbonyl (C=O) groups is 2. The largest absolute Gasteiger partial charge is 0.465 e. The number of nitrogens with zero attached hydrogens (tertiary/aromatic N) is 2. The Hall–Kier alpha value is -4.39. The number of piperidine rings is 1. The molecule has 234 valence electrons. The fourth-order valence-electron chi connectivity index (χ4n) is 6.35. The fourth-order valence-corrected chi connectivity index (χ4v) is 6.35. The summed E-state index contributed by atoms with van der Waals surface area (Å²) in [5, 5.41) is 25.0. The minimum Gasteiger partial charge on any atom is -0.465 e. The number of H-pyrrole nitrogens is 1. The lowest BCUT2D eigenvalue weighted by Crippen LogP contribution is -2.59. The Kier molecular flexibility index (Phi) is 8.19. The molecule has 0 spiro atoms. The van der Waals surface area contributed by atoms with E-state index in [-0.39, 0.29) is 30.1 Å². The summed E-state index contributed by atoms with van der Waals surface area (Å²) in [6, 6.07) is 4.02. The van der Waals surface area contributed by atoms with Crippen LogP contribution in [-0.4, -0.2) is 57.4 Å². The molecule has 13 heteroatoms. The first-order valence-electron chi connectivity index (χ1n) is 14.3. The Morgan fingerprint density at radius 2 is 1.75 bits per heavy atom. The summed E-state index contributed by atoms with van der Waals surface area (Å²) in [5.74, 6) is -4.52. The molecule has 1 fully saturated rings. The number of fused-ring (bicyclic) bond motifs is 1. The highest BCUT2D eigenvalue weighted by molar-refractivity contribution is 6.05. The first-order chi connectivity index (χ1) is 20.7. The van der Waals surface area contributed by atoms with E-state index in [1.54, 1.807) is 11.8 Å². The molecule has 0 saturated carbocycles. The van der Waals surface area contributed by atoms with Gasteiger partial charge in [0.15, 0.2) is 0 Å². The second-order valence-electron chi connectivity index (χ2n) is 12.5. The van der Waals surface area contributed by atoms with Gasteiger partial charge in [0.1, 0.15) is 34.5 Å². The van der Waals surface area contributed by atoms with Crippen molar-refractivity contribution in [1.29, 1.82) is 0 Å². The van der Waals surface area contributed by atoms with Gasteiger partial charge in [-0.15, -0.1) is 0 Å². The molecule has 1 aliphatic carbocycles. The van der Waals surface area contributed by atoms with Gasteiger partial charge in [0.05, 0.1) is 23.4 Å². The SMILES string of the molecule is C[C@H]1CN(c2c3c([nH]c(=O)c2NC(=O)c2ccc(F)c(-c4c(F)cccc4F)n2)C(C(C)(C)C)CC3)C[C@@H](NC(=O)O)[C@@H]1O. The summed E-state index contributed by atoms with van der Waals surface area (Å²) in [6.07, 6.45) is -1.02. The lowest BCUT2D eigenvalue weighted by Gasteiger charge is -2.42. The number of nitrogens with one attached hydrogen (secondary N) is 3. The molecule has 2 aromatic heterocycles. The maximum atomic E-state index is 14.7. The van der Waals surface area contributed by atoms with Crippen LogP contribution in [0.5, 0.6) is 0 Å². The maximum absolute atomic E-state index is 14.7. The van der Waals surface area contributed by atoms with E-state index in [0.717, 1.165) is 42.3 Å². The third-order valence-corrected chi connectivity index (χ3v) is 8.46. The summed E-state index contributed by atoms with van der Waals surface area (Å²) in [5.41, 5.74) is -0.901. The van der Waals surface area contributed by atoms with Gasteiger partial charge >= 0.3 is 6.09 Å². The first kappa shape index (κ1) is 31.0. The van der Waals surface area contributed by atoms with Gasteiger partial charge in [0, 0.05) is 30.6 Å². The summed E-state index contributed by atoms with van der Waals surface area (Å²) in [7, 11) is 0. The number of carboxylic acid groups (broad SMARTS) is 1. The van der Waals surface area contributed by atoms with E-state index in [2.05, 4.69) is 41.4 Å². The standard InChI is InChI=1S/C31H34F3N5O5/c1-14-12-39(13-21(27(14)40)36-30(43)44)26-15-8-9-16(31(2,3)4)23(15)37-29(42)25(26)38-28(41)20-11-10-19(34)24(35-20)22-17(32)6-5-7-18(22)33/h5-7,10-11,14,16,21,27,36,40H,8-9,12-13H2,1-4H3,(H,37,42)(H,38,41)(H,43,44)/t14-,16?,21+,27+/m0/s1. The van der Waals surface area contributed by atoms with E-state index < -0.39 is 70.0 Å². The molecule has 44 heavy (non-hydrogen) atoms. The number of aliphatic hydroxyl groups is 1. The second-order valence-corrected chi connectivity index (χ2v) is 12.5. The predicted molar refractivity (Wildman–Crippen MR) is 157 cm³/mol. The number of benzene rings is 1. The van der Waals surface area contributed by atoms with Crippen LogP contribution in [0.4, 0.5) is 29.3 Å². The van der Waals surface area contributed by atoms with Crippen molar-refractivity contribution in [2.24, 2.45) is 11.3 Å². The highest BCUT2D eigenvalue weighted by Gasteiger charge is 2.41. The van der Waals surface area contributed by atoms with Gasteiger partial charge in [0.2, 0.25) is 0 Å². The van der Waals surface area contributed by atoms with Crippen molar-refractivity contribution < 1.29 is 33.0 Å². The van der Waals surface area contributed by atoms with Gasteiger partial charge < -0.3 is 30.7 Å². The monoisotopic (exact) mass is 613 g/mol. The molecule has 4 atom stereocenters. The summed E-state index contributed by atoms with van der Waals surface area (Å²) in [6.45, 7) is 8.20. The number of aliphatic hydroxyl groups excluding tert-OH is 1. The Morgan fingerprint density at radius 3 is 2.39 bits per heavy atom. The molecule has 0 radical (unpaired) electrons. The molecular formula is C31H34F3N5O5. The maximum Gasteiger partial charge on any atom is 0.405 e. The Labute approximate surface area is 251 Å². The van der Waals surface area contributed by atoms with Crippen LogP contribution in [0.15, 0.2) is 35.1 Å². The van der Waals surface area contributed by atoms with Gasteiger partial charge in [-0.1, -0.05) is 33.8 Å². The molecule has 1 saturated heterocycles. The van der Waals surface area contributed by atoms with Crippen molar-refractivity contribution in [3.05, 3.63) is 75.1 Å². The van der Waals surface area contributed by atoms with Crippen LogP contribution in [0.1, 0.15) is 61.8 Å². The number of halogens is 3. The third-order valence-electron chi connectivity index (χ3n) is 8.46. The minimum atomic E-state index is -1.31. The zero-order valence-corrected chi connectivity index (χ0v) is 24.7. The van der Waals surface area contributed by atoms with Gasteiger partial charge in [-0.3, -0.25) is 9.59 Å². The minimum absolute atomic E-state index is 0.00793. The molecule has 2 amide bonds. The van der Waals surface area contributed by atoms with Crippen LogP contribution in [0, 0.1) is 28.8 Å². The van der Waals surface area contributed by atoms with Crippen molar-refractivity contribution in [2.75, 3.05) is 23.3 Å². The molecule has 2 aliphatic rings. The van der Waals surface area contributed by atoms with Crippen LogP contribution in [0.25, 0.3) is 11.3 Å². The van der Waals surface area contributed by atoms with Crippen molar-refractivity contribution in [3.63, 3.8) is 0 Å². The number of pyridine rings is 2. The normalized spacial score (nSPS) is 21.6. The van der Waals surface area contributed by atoms with E-state index in [9.17, 15) is 37.8 Å². The number of hydrogen-bond acceptors (Lipinski definition) is 6. The van der Waals surface area contributed by atoms with Gasteiger partial charge in [-0.25, -0.2) is 22.9 Å². The van der Waals surface area contributed by atoms with E-state index in [1.165, 1.54) is 0 Å². The zero-order valence-electron chi connectivity index (χ0n) is 24.7. The average Bonchev–Trinajstić information content (AvgIpc) is 3.36. The molecule has 5 rings (SSSR count). The van der Waals surface area contributed by atoms with E-state index in [1.807, 2.05) is 0 Å². The average molecular weight is 614 g/mol. The van der Waals surface area contributed by atoms with E-state index in [4.69, 9.17) is 0 Å². The van der Waals surface area contributed by atoms with Crippen molar-refractivity contribution >= 4 is 23.4 Å². The Balaban J connectivity index is 1.60. The lowest BCUT2D eigenvalue weighted by molar-refractivity contribution is 0.0633. The zero-order chi connectivity index (χ0) is 32.1. The number of carbonyl (C=O) groups excluding carboxylic acids is 1. The van der Waals surface area contributed by atoms with Crippen LogP contribution in [0.3, 0.4) is 0 Å². The van der Waals surface area contributed by atoms with Crippen LogP contribution in [-0.2, 0) is 6.42 Å². The van der Waals surface area contributed by atoms with Crippen molar-refractivity contribution in [1.82, 2.24) is 15.3 Å². The summed E-state index contributed by atoms with van der Waals surface area (Å²) >= 11 is 0. The van der Waals surface area contributed by atoms with Crippen LogP contribution in [0.2, 0.25) is 0 Å². The molecule has 3 heterocycles. The molecule has 1 aliphatic heterocycles. The molecular weight excluding hydrogens is 579 g/mol. The predicted octanol–water partition coefficient (Wildman–Crippen LogP) is 4.64. The molecule has 3 aromatic rings. The third kappa shape index (κ3) is 5.75. The van der Waals surface area contributed by atoms with Crippen molar-refractivity contribution in [3.8, 4) is 11.3 Å². The first-order valence-corrected chi connectivity index (χ1v) is 14.3. The number of amides is 2. The number of anilines is 2. The van der Waals surface area contributed by atoms with Crippen LogP contribution < -0.4 is 21.1 Å². The molecule has 1 unspecified atom stereocenters. The highest BCUT2D eigenvalue weighted by Crippen LogP contribution is 2.48. The second kappa shape index (κ2) is 11.6. The van der Waals surface area contributed by atoms with Gasteiger partial charge in [-0.05, 0) is 48.1 Å². The highest BCUT2D eigenvalue weighted by atomic mass is 19.1. The Bertz CT molecular complexity index is 1670. The number of aromatic nitrogens is 2. The molecule has 10 nitrogen and oxygen atoms in total. The molecule has 0 bridgehead atoms. The summed E-state index contributed by atoms with van der Waals surface area (Å²) in [4.78, 5) is 47.3. The van der Waals surface area contributed by atoms with E-state index in [0.29, 0.717) is 17.8 Å². The smallest absolute Gasteiger partial charge is 0.405 e. The summed E-state index contributed by atoms with van der Waals surface area (Å²) < 4.78 is 43.6. The van der Waals surface area contributed by atoms with Gasteiger partial charge in [0.25, 0.3) is 11.5 Å². The number of rotatable bonds is 5. The molecule has 5 N–H and O–H groups in total. The van der Waals surface area contributed by atoms with Crippen molar-refractivity contribution in [2.45, 2.75) is 58.6 Å². The lowest BCUT2D eigenvalue weighted by atomic mass is 9.79. The number of hydrogen-bond donors (Lipinski definition) is 5. The Morgan fingerprint density at radius 1 is 1.07 bits per heavy atom. The molecule has 1 aromatic carbocycles. The quantitative estimate of drug-likeness (QED) is 0.282. The van der Waals surface area contributed by atoms with E-state index >= 15 is 0 Å². The van der Waals surface area contributed by atoms with Gasteiger partial charge in [-0.2, -0.15) is 0 Å².